The van der Waals surface area contributed by atoms with Crippen LogP contribution in [-0.4, -0.2) is 39.2 Å². The Morgan fingerprint density at radius 2 is 1.89 bits per heavy atom. The van der Waals surface area contributed by atoms with Gasteiger partial charge in [0.15, 0.2) is 5.12 Å². The smallest absolute Gasteiger partial charge is 0.400 e. The van der Waals surface area contributed by atoms with E-state index in [4.69, 9.17) is 20.9 Å². The van der Waals surface area contributed by atoms with Crippen molar-refractivity contribution in [3.63, 3.8) is 0 Å². The first-order valence-electron chi connectivity index (χ1n) is 8.69. The normalized spacial score (nSPS) is 18.9. The molecule has 1 aliphatic rings. The lowest BCUT2D eigenvalue weighted by molar-refractivity contribution is -0.109. The molecule has 1 saturated heterocycles. The van der Waals surface area contributed by atoms with Gasteiger partial charge < -0.3 is 9.31 Å². The standard InChI is InChI=1S/C19H22BClN2O3S/c1-12(24)27-11-14(20-25-18(2,3)19(4,5)26-20)8-13-6-7-15-16(9-13)23-17(21)10-22-15/h6-10H,11H2,1-5H3. The van der Waals surface area contributed by atoms with E-state index in [2.05, 4.69) is 9.97 Å². The average molecular weight is 405 g/mol. The predicted octanol–water partition coefficient (Wildman–Crippen LogP) is 4.58. The highest BCUT2D eigenvalue weighted by atomic mass is 35.5. The molecule has 0 unspecified atom stereocenters. The summed E-state index contributed by atoms with van der Waals surface area (Å²) in [6, 6.07) is 5.76. The Morgan fingerprint density at radius 3 is 2.52 bits per heavy atom. The minimum atomic E-state index is -0.511. The number of aromatic nitrogens is 2. The van der Waals surface area contributed by atoms with Crippen molar-refractivity contribution >= 4 is 52.7 Å². The third-order valence-corrected chi connectivity index (χ3v) is 5.95. The molecular formula is C19H22BClN2O3S. The van der Waals surface area contributed by atoms with Crippen LogP contribution in [0.25, 0.3) is 17.1 Å². The number of hydrogen-bond donors (Lipinski definition) is 0. The maximum absolute atomic E-state index is 11.5. The van der Waals surface area contributed by atoms with Crippen LogP contribution in [0.5, 0.6) is 0 Å². The van der Waals surface area contributed by atoms with Gasteiger partial charge in [-0.1, -0.05) is 35.5 Å². The Hall–Kier alpha value is -1.41. The number of thioether (sulfide) groups is 1. The molecule has 0 saturated carbocycles. The van der Waals surface area contributed by atoms with Gasteiger partial charge in [0.2, 0.25) is 0 Å². The Labute approximate surface area is 169 Å². The van der Waals surface area contributed by atoms with Crippen molar-refractivity contribution < 1.29 is 14.1 Å². The number of carbonyl (C=O) groups is 1. The number of halogens is 1. The average Bonchev–Trinajstić information content (AvgIpc) is 2.78. The molecule has 0 aliphatic carbocycles. The molecule has 2 aromatic rings. The van der Waals surface area contributed by atoms with Gasteiger partial charge in [-0.05, 0) is 50.9 Å². The molecule has 1 fully saturated rings. The molecule has 2 heterocycles. The molecule has 0 spiro atoms. The first-order chi connectivity index (χ1) is 12.6. The topological polar surface area (TPSA) is 61.3 Å². The van der Waals surface area contributed by atoms with Crippen molar-refractivity contribution in [2.24, 2.45) is 0 Å². The Morgan fingerprint density at radius 1 is 1.22 bits per heavy atom. The van der Waals surface area contributed by atoms with Gasteiger partial charge in [-0.2, -0.15) is 0 Å². The van der Waals surface area contributed by atoms with Crippen LogP contribution in [0.1, 0.15) is 40.2 Å². The number of rotatable bonds is 4. The van der Waals surface area contributed by atoms with E-state index in [1.165, 1.54) is 18.0 Å². The molecule has 27 heavy (non-hydrogen) atoms. The predicted molar refractivity (Wildman–Crippen MR) is 112 cm³/mol. The van der Waals surface area contributed by atoms with Crippen LogP contribution in [0.3, 0.4) is 0 Å². The summed E-state index contributed by atoms with van der Waals surface area (Å²) in [5.41, 5.74) is 2.41. The minimum absolute atomic E-state index is 0.0496. The molecule has 3 rings (SSSR count). The second-order valence-corrected chi connectivity index (χ2v) is 9.07. The maximum atomic E-state index is 11.5. The summed E-state index contributed by atoms with van der Waals surface area (Å²) >= 11 is 7.19. The van der Waals surface area contributed by atoms with Crippen LogP contribution in [0.4, 0.5) is 0 Å². The van der Waals surface area contributed by atoms with Crippen molar-refractivity contribution in [2.45, 2.75) is 45.8 Å². The highest BCUT2D eigenvalue weighted by Crippen LogP contribution is 2.39. The monoisotopic (exact) mass is 404 g/mol. The van der Waals surface area contributed by atoms with E-state index in [9.17, 15) is 4.79 Å². The summed E-state index contributed by atoms with van der Waals surface area (Å²) in [7, 11) is -0.511. The molecule has 1 aromatic heterocycles. The summed E-state index contributed by atoms with van der Waals surface area (Å²) in [5.74, 6) is 0.491. The van der Waals surface area contributed by atoms with E-state index in [0.717, 1.165) is 16.6 Å². The molecule has 1 aliphatic heterocycles. The molecule has 0 bridgehead atoms. The van der Waals surface area contributed by atoms with Gasteiger partial charge in [0.05, 0.1) is 28.4 Å². The van der Waals surface area contributed by atoms with Crippen molar-refractivity contribution in [1.29, 1.82) is 0 Å². The highest BCUT2D eigenvalue weighted by molar-refractivity contribution is 8.13. The van der Waals surface area contributed by atoms with E-state index in [-0.39, 0.29) is 5.12 Å². The van der Waals surface area contributed by atoms with Crippen LogP contribution >= 0.6 is 23.4 Å². The van der Waals surface area contributed by atoms with E-state index >= 15 is 0 Å². The Kier molecular flexibility index (Phi) is 5.68. The van der Waals surface area contributed by atoms with Gasteiger partial charge in [-0.25, -0.2) is 4.98 Å². The molecule has 8 heteroatoms. The van der Waals surface area contributed by atoms with E-state index in [1.807, 2.05) is 52.0 Å². The Bertz CT molecular complexity index is 901. The molecule has 1 aromatic carbocycles. The highest BCUT2D eigenvalue weighted by Gasteiger charge is 2.52. The van der Waals surface area contributed by atoms with Gasteiger partial charge in [0.25, 0.3) is 0 Å². The number of hydrogen-bond acceptors (Lipinski definition) is 6. The van der Waals surface area contributed by atoms with Gasteiger partial charge >= 0.3 is 7.12 Å². The second kappa shape index (κ2) is 7.55. The summed E-state index contributed by atoms with van der Waals surface area (Å²) in [6.45, 7) is 9.60. The van der Waals surface area contributed by atoms with Crippen molar-refractivity contribution in [3.05, 3.63) is 40.6 Å². The zero-order valence-corrected chi connectivity index (χ0v) is 17.6. The van der Waals surface area contributed by atoms with E-state index < -0.39 is 18.3 Å². The van der Waals surface area contributed by atoms with Gasteiger partial charge in [-0.3, -0.25) is 9.78 Å². The fourth-order valence-electron chi connectivity index (χ4n) is 2.67. The van der Waals surface area contributed by atoms with Crippen molar-refractivity contribution in [1.82, 2.24) is 9.97 Å². The molecule has 0 radical (unpaired) electrons. The number of benzene rings is 1. The van der Waals surface area contributed by atoms with Gasteiger partial charge in [0, 0.05) is 12.7 Å². The number of nitrogens with zero attached hydrogens (tertiary/aromatic N) is 2. The summed E-state index contributed by atoms with van der Waals surface area (Å²) in [6.07, 6.45) is 3.51. The summed E-state index contributed by atoms with van der Waals surface area (Å²) in [5, 5.41) is 0.399. The fraction of sp³-hybridized carbons (Fsp3) is 0.421. The van der Waals surface area contributed by atoms with Crippen LogP contribution in [0.15, 0.2) is 29.9 Å². The zero-order chi connectivity index (χ0) is 19.8. The third-order valence-electron chi connectivity index (χ3n) is 4.89. The van der Waals surface area contributed by atoms with E-state index in [0.29, 0.717) is 16.4 Å². The quantitative estimate of drug-likeness (QED) is 0.695. The third kappa shape index (κ3) is 4.54. The molecule has 0 atom stereocenters. The maximum Gasteiger partial charge on any atom is 0.491 e. The molecule has 0 N–H and O–H groups in total. The molecule has 5 nitrogen and oxygen atoms in total. The molecular weight excluding hydrogens is 383 g/mol. The fourth-order valence-corrected chi connectivity index (χ4v) is 3.40. The first kappa shape index (κ1) is 20.3. The number of carbonyl (C=O) groups excluding carboxylic acids is 1. The number of fused-ring (bicyclic) bond motifs is 1. The SMILES string of the molecule is CC(=O)SCC(=Cc1ccc2ncc(Cl)nc2c1)B1OC(C)(C)C(C)(C)O1. The van der Waals surface area contributed by atoms with Crippen molar-refractivity contribution in [3.8, 4) is 0 Å². The van der Waals surface area contributed by atoms with Gasteiger partial charge in [0.1, 0.15) is 5.15 Å². The lowest BCUT2D eigenvalue weighted by atomic mass is 9.78. The Balaban J connectivity index is 1.96. The first-order valence-corrected chi connectivity index (χ1v) is 10.1. The lowest BCUT2D eigenvalue weighted by Crippen LogP contribution is -2.41. The summed E-state index contributed by atoms with van der Waals surface area (Å²) in [4.78, 5) is 20.1. The zero-order valence-electron chi connectivity index (χ0n) is 16.1. The van der Waals surface area contributed by atoms with E-state index in [1.54, 1.807) is 6.92 Å². The van der Waals surface area contributed by atoms with Crippen LogP contribution < -0.4 is 0 Å². The van der Waals surface area contributed by atoms with Crippen LogP contribution in [0, 0.1) is 0 Å². The minimum Gasteiger partial charge on any atom is -0.400 e. The van der Waals surface area contributed by atoms with Crippen LogP contribution in [0.2, 0.25) is 5.15 Å². The lowest BCUT2D eigenvalue weighted by Gasteiger charge is -2.32. The van der Waals surface area contributed by atoms with Crippen LogP contribution in [-0.2, 0) is 14.1 Å². The molecule has 0 amide bonds. The largest absolute Gasteiger partial charge is 0.491 e. The van der Waals surface area contributed by atoms with Crippen molar-refractivity contribution in [2.75, 3.05) is 5.75 Å². The molecule has 142 valence electrons. The van der Waals surface area contributed by atoms with Gasteiger partial charge in [-0.15, -0.1) is 0 Å². The second-order valence-electron chi connectivity index (χ2n) is 7.53. The summed E-state index contributed by atoms with van der Waals surface area (Å²) < 4.78 is 12.3.